The Morgan fingerprint density at radius 2 is 1.67 bits per heavy atom. The number of carbonyl (C=O) groups excluding carboxylic acids is 1. The quantitative estimate of drug-likeness (QED) is 0.575. The van der Waals surface area contributed by atoms with Gasteiger partial charge in [-0.15, -0.1) is 0 Å². The van der Waals surface area contributed by atoms with Crippen LogP contribution in [0.15, 0.2) is 41.4 Å². The summed E-state index contributed by atoms with van der Waals surface area (Å²) in [6, 6.07) is 7.14. The molecule has 0 radical (unpaired) electrons. The van der Waals surface area contributed by atoms with Crippen LogP contribution in [-0.4, -0.2) is 61.8 Å². The first-order chi connectivity index (χ1) is 15.5. The molecule has 0 aliphatic carbocycles. The van der Waals surface area contributed by atoms with Gasteiger partial charge in [0.2, 0.25) is 21.9 Å². The van der Waals surface area contributed by atoms with Crippen LogP contribution >= 0.6 is 0 Å². The van der Waals surface area contributed by atoms with Gasteiger partial charge in [-0.25, -0.2) is 23.1 Å². The molecule has 2 saturated heterocycles. The van der Waals surface area contributed by atoms with E-state index in [1.807, 2.05) is 6.07 Å². The largest absolute Gasteiger partial charge is 0.371 e. The number of hydrogen-bond donors (Lipinski definition) is 3. The Morgan fingerprint density at radius 1 is 1.03 bits per heavy atom. The van der Waals surface area contributed by atoms with Crippen molar-refractivity contribution in [3.8, 4) is 0 Å². The van der Waals surface area contributed by atoms with Gasteiger partial charge in [0.05, 0.1) is 35.9 Å². The molecule has 0 spiro atoms. The molecule has 4 atom stereocenters. The van der Waals surface area contributed by atoms with E-state index < -0.39 is 22.2 Å². The van der Waals surface area contributed by atoms with Crippen LogP contribution < -0.4 is 15.4 Å². The second kappa shape index (κ2) is 8.98. The topological polar surface area (TPSA) is 132 Å². The number of carbonyl (C=O) groups is 1. The van der Waals surface area contributed by atoms with E-state index in [1.165, 1.54) is 19.1 Å². The third kappa shape index (κ3) is 5.32. The molecule has 4 rings (SSSR count). The highest BCUT2D eigenvalue weighted by molar-refractivity contribution is 7.89. The molecule has 178 valence electrons. The molecule has 2 fully saturated rings. The van der Waals surface area contributed by atoms with Crippen LogP contribution in [0.4, 0.5) is 11.6 Å². The van der Waals surface area contributed by atoms with Crippen molar-refractivity contribution in [2.24, 2.45) is 0 Å². The normalized spacial score (nSPS) is 25.0. The number of benzene rings is 1. The van der Waals surface area contributed by atoms with Gasteiger partial charge in [0.15, 0.2) is 0 Å². The first-order valence-corrected chi connectivity index (χ1v) is 12.2. The summed E-state index contributed by atoms with van der Waals surface area (Å²) in [7, 11) is -3.79. The number of ether oxygens (including phenoxy) is 2. The number of rotatable bonds is 6. The molecule has 1 amide bonds. The molecule has 33 heavy (non-hydrogen) atoms. The lowest BCUT2D eigenvalue weighted by atomic mass is 9.92. The summed E-state index contributed by atoms with van der Waals surface area (Å²) in [5, 5.41) is 5.89. The minimum Gasteiger partial charge on any atom is -0.371 e. The van der Waals surface area contributed by atoms with E-state index in [0.29, 0.717) is 18.2 Å². The summed E-state index contributed by atoms with van der Waals surface area (Å²) in [5.41, 5.74) is 1.33. The number of fused-ring (bicyclic) bond motifs is 1. The van der Waals surface area contributed by atoms with Gasteiger partial charge >= 0.3 is 0 Å². The van der Waals surface area contributed by atoms with Crippen molar-refractivity contribution in [1.82, 2.24) is 14.7 Å². The zero-order valence-electron chi connectivity index (χ0n) is 19.0. The lowest BCUT2D eigenvalue weighted by Crippen LogP contribution is -2.44. The highest BCUT2D eigenvalue weighted by atomic mass is 32.2. The molecule has 0 saturated carbocycles. The number of nitrogens with one attached hydrogen (secondary N) is 3. The minimum atomic E-state index is -3.79. The Hall–Kier alpha value is -2.60. The average Bonchev–Trinajstić information content (AvgIpc) is 3.31. The number of anilines is 2. The van der Waals surface area contributed by atoms with Gasteiger partial charge in [0.25, 0.3) is 0 Å². The van der Waals surface area contributed by atoms with Crippen LogP contribution in [0.2, 0.25) is 0 Å². The number of amides is 1. The van der Waals surface area contributed by atoms with Crippen molar-refractivity contribution in [2.75, 3.05) is 23.8 Å². The molecule has 2 aromatic rings. The standard InChI is InChI=1S/C22H29N5O5S/c1-13(28)24-14-5-7-15(8-6-14)33(29,30)27-17-12-32-19-16(11-31-20(17)19)25-21-23-10-9-18(26-21)22(2,3)4/h5-10,16-17,19-20,27H,11-12H2,1-4H3,(H,24,28)(H,23,25,26)/t16-,17+,19-,20+/m0/s1. The van der Waals surface area contributed by atoms with Gasteiger partial charge in [-0.2, -0.15) is 0 Å². The lowest BCUT2D eigenvalue weighted by Gasteiger charge is -2.21. The summed E-state index contributed by atoms with van der Waals surface area (Å²) in [4.78, 5) is 20.1. The van der Waals surface area contributed by atoms with Gasteiger partial charge in [-0.05, 0) is 30.3 Å². The van der Waals surface area contributed by atoms with E-state index in [1.54, 1.807) is 18.3 Å². The van der Waals surface area contributed by atoms with Crippen LogP contribution in [0, 0.1) is 0 Å². The molecular weight excluding hydrogens is 446 g/mol. The van der Waals surface area contributed by atoms with Crippen molar-refractivity contribution < 1.29 is 22.7 Å². The molecule has 3 N–H and O–H groups in total. The van der Waals surface area contributed by atoms with Crippen LogP contribution in [0.25, 0.3) is 0 Å². The van der Waals surface area contributed by atoms with Crippen LogP contribution in [0.1, 0.15) is 33.4 Å². The fraction of sp³-hybridized carbons (Fsp3) is 0.500. The molecule has 1 aromatic carbocycles. The average molecular weight is 476 g/mol. The van der Waals surface area contributed by atoms with E-state index >= 15 is 0 Å². The number of aromatic nitrogens is 2. The molecule has 2 aliphatic rings. The first-order valence-electron chi connectivity index (χ1n) is 10.8. The molecule has 0 unspecified atom stereocenters. The van der Waals surface area contributed by atoms with Gasteiger partial charge in [0, 0.05) is 24.2 Å². The van der Waals surface area contributed by atoms with Crippen molar-refractivity contribution in [3.63, 3.8) is 0 Å². The smallest absolute Gasteiger partial charge is 0.240 e. The van der Waals surface area contributed by atoms with E-state index in [0.717, 1.165) is 5.69 Å². The van der Waals surface area contributed by atoms with Gasteiger partial charge in [-0.1, -0.05) is 20.8 Å². The highest BCUT2D eigenvalue weighted by Crippen LogP contribution is 2.30. The van der Waals surface area contributed by atoms with Crippen molar-refractivity contribution in [3.05, 3.63) is 42.2 Å². The molecule has 3 heterocycles. The van der Waals surface area contributed by atoms with Crippen LogP contribution in [0.5, 0.6) is 0 Å². The second-order valence-electron chi connectivity index (χ2n) is 9.30. The molecule has 2 aliphatic heterocycles. The summed E-state index contributed by atoms with van der Waals surface area (Å²) in [5.74, 6) is 0.263. The summed E-state index contributed by atoms with van der Waals surface area (Å²) in [6.45, 7) is 8.18. The zero-order valence-corrected chi connectivity index (χ0v) is 19.8. The Morgan fingerprint density at radius 3 is 2.30 bits per heavy atom. The highest BCUT2D eigenvalue weighted by Gasteiger charge is 2.49. The van der Waals surface area contributed by atoms with Gasteiger partial charge < -0.3 is 20.1 Å². The van der Waals surface area contributed by atoms with Crippen molar-refractivity contribution in [2.45, 2.75) is 62.3 Å². The maximum absolute atomic E-state index is 12.9. The predicted octanol–water partition coefficient (Wildman–Crippen LogP) is 1.66. The van der Waals surface area contributed by atoms with E-state index in [2.05, 4.69) is 46.1 Å². The summed E-state index contributed by atoms with van der Waals surface area (Å²) < 4.78 is 40.2. The molecule has 0 bridgehead atoms. The van der Waals surface area contributed by atoms with Gasteiger partial charge in [-0.3, -0.25) is 4.79 Å². The summed E-state index contributed by atoms with van der Waals surface area (Å²) >= 11 is 0. The number of nitrogens with zero attached hydrogens (tertiary/aromatic N) is 2. The van der Waals surface area contributed by atoms with Crippen molar-refractivity contribution >= 4 is 27.6 Å². The Balaban J connectivity index is 1.40. The fourth-order valence-electron chi connectivity index (χ4n) is 3.92. The van der Waals surface area contributed by atoms with Crippen LogP contribution in [0.3, 0.4) is 0 Å². The third-order valence-electron chi connectivity index (χ3n) is 5.58. The fourth-order valence-corrected chi connectivity index (χ4v) is 5.16. The SMILES string of the molecule is CC(=O)Nc1ccc(S(=O)(=O)N[C@@H]2CO[C@@H]3[C@@H]2OC[C@@H]3Nc2nccc(C(C)(C)C)n2)cc1. The monoisotopic (exact) mass is 475 g/mol. The molecule has 10 nitrogen and oxygen atoms in total. The van der Waals surface area contributed by atoms with E-state index in [4.69, 9.17) is 9.47 Å². The Labute approximate surface area is 193 Å². The second-order valence-corrected chi connectivity index (χ2v) is 11.0. The molecule has 1 aromatic heterocycles. The van der Waals surface area contributed by atoms with Crippen molar-refractivity contribution in [1.29, 1.82) is 0 Å². The Kier molecular flexibility index (Phi) is 6.41. The summed E-state index contributed by atoms with van der Waals surface area (Å²) in [6.07, 6.45) is 0.954. The predicted molar refractivity (Wildman–Crippen MR) is 122 cm³/mol. The number of hydrogen-bond acceptors (Lipinski definition) is 8. The maximum Gasteiger partial charge on any atom is 0.240 e. The minimum absolute atomic E-state index is 0.0973. The lowest BCUT2D eigenvalue weighted by molar-refractivity contribution is -0.114. The van der Waals surface area contributed by atoms with E-state index in [-0.39, 0.29) is 35.0 Å². The van der Waals surface area contributed by atoms with E-state index in [9.17, 15) is 13.2 Å². The molecular formula is C22H29N5O5S. The molecule has 11 heteroatoms. The first kappa shape index (κ1) is 23.6. The maximum atomic E-state index is 12.9. The Bertz CT molecular complexity index is 1120. The third-order valence-corrected chi connectivity index (χ3v) is 7.09. The number of sulfonamides is 1. The zero-order chi connectivity index (χ0) is 23.8. The van der Waals surface area contributed by atoms with Crippen LogP contribution in [-0.2, 0) is 29.7 Å². The van der Waals surface area contributed by atoms with Gasteiger partial charge in [0.1, 0.15) is 12.2 Å².